The van der Waals surface area contributed by atoms with Crippen molar-refractivity contribution in [3.05, 3.63) is 72.3 Å². The maximum absolute atomic E-state index is 12.9. The number of carbonyl (C=O) groups is 1. The lowest BCUT2D eigenvalue weighted by Gasteiger charge is -2.16. The van der Waals surface area contributed by atoms with Crippen LogP contribution in [-0.2, 0) is 6.42 Å². The third-order valence-corrected chi connectivity index (χ3v) is 5.44. The van der Waals surface area contributed by atoms with Crippen LogP contribution in [0.15, 0.2) is 61.2 Å². The number of benzene rings is 1. The van der Waals surface area contributed by atoms with Gasteiger partial charge in [0.2, 0.25) is 0 Å². The van der Waals surface area contributed by atoms with Gasteiger partial charge in [-0.05, 0) is 36.2 Å². The van der Waals surface area contributed by atoms with Crippen LogP contribution in [0.1, 0.15) is 15.9 Å². The summed E-state index contributed by atoms with van der Waals surface area (Å²) in [5.41, 5.74) is 3.28. The average Bonchev–Trinajstić information content (AvgIpc) is 3.34. The number of amides is 1. The molecule has 28 heavy (non-hydrogen) atoms. The van der Waals surface area contributed by atoms with Gasteiger partial charge < -0.3 is 10.0 Å². The number of β-amino-alcohol motifs (C(OH)–C–C–N with tert-alkyl or cyclic N) is 1. The van der Waals surface area contributed by atoms with Gasteiger partial charge in [0.15, 0.2) is 5.65 Å². The van der Waals surface area contributed by atoms with Gasteiger partial charge in [-0.3, -0.25) is 9.78 Å². The summed E-state index contributed by atoms with van der Waals surface area (Å²) in [4.78, 5) is 23.2. The molecule has 1 aliphatic rings. The van der Waals surface area contributed by atoms with Crippen LogP contribution >= 0.6 is 0 Å². The molecule has 1 N–H and O–H groups in total. The van der Waals surface area contributed by atoms with Gasteiger partial charge in [-0.25, -0.2) is 9.50 Å². The summed E-state index contributed by atoms with van der Waals surface area (Å²) in [5, 5.41) is 15.7. The largest absolute Gasteiger partial charge is 0.391 e. The second-order valence-electron chi connectivity index (χ2n) is 7.21. The highest BCUT2D eigenvalue weighted by Gasteiger charge is 2.34. The van der Waals surface area contributed by atoms with Crippen molar-refractivity contribution in [3.8, 4) is 0 Å². The molecular weight excluding hydrogens is 354 g/mol. The van der Waals surface area contributed by atoms with Crippen molar-refractivity contribution < 1.29 is 9.90 Å². The van der Waals surface area contributed by atoms with Gasteiger partial charge in [0.05, 0.1) is 11.6 Å². The zero-order valence-electron chi connectivity index (χ0n) is 15.1. The first-order valence-electron chi connectivity index (χ1n) is 9.28. The molecule has 7 nitrogen and oxygen atoms in total. The molecule has 4 aromatic rings. The number of aliphatic hydroxyl groups excluding tert-OH is 1. The second kappa shape index (κ2) is 6.69. The van der Waals surface area contributed by atoms with E-state index in [4.69, 9.17) is 0 Å². The SMILES string of the molecule is O=C(c1ccn2ncnc2c1)N1C[C@@H](Cc2ccnc3ccccc23)[C@H](O)C1. The van der Waals surface area contributed by atoms with E-state index in [9.17, 15) is 9.90 Å². The third kappa shape index (κ3) is 2.90. The van der Waals surface area contributed by atoms with Crippen LogP contribution in [0.2, 0.25) is 0 Å². The fraction of sp³-hybridized carbons (Fsp3) is 0.238. The van der Waals surface area contributed by atoms with Crippen molar-refractivity contribution in [2.24, 2.45) is 5.92 Å². The second-order valence-corrected chi connectivity index (χ2v) is 7.21. The number of hydrogen-bond acceptors (Lipinski definition) is 5. The maximum Gasteiger partial charge on any atom is 0.254 e. The molecule has 0 unspecified atom stereocenters. The Balaban J connectivity index is 1.36. The minimum absolute atomic E-state index is 0.00780. The number of hydrogen-bond donors (Lipinski definition) is 1. The van der Waals surface area contributed by atoms with Crippen molar-refractivity contribution in [3.63, 3.8) is 0 Å². The van der Waals surface area contributed by atoms with E-state index in [1.54, 1.807) is 33.9 Å². The molecule has 140 valence electrons. The van der Waals surface area contributed by atoms with Crippen molar-refractivity contribution in [1.29, 1.82) is 0 Å². The summed E-state index contributed by atoms with van der Waals surface area (Å²) in [6, 6.07) is 13.5. The van der Waals surface area contributed by atoms with E-state index in [2.05, 4.69) is 21.1 Å². The molecule has 1 aliphatic heterocycles. The molecule has 7 heteroatoms. The van der Waals surface area contributed by atoms with Gasteiger partial charge in [0.1, 0.15) is 6.33 Å². The molecule has 1 fully saturated rings. The molecule has 0 radical (unpaired) electrons. The summed E-state index contributed by atoms with van der Waals surface area (Å²) < 4.78 is 1.62. The molecule has 4 heterocycles. The van der Waals surface area contributed by atoms with Crippen LogP contribution in [0, 0.1) is 5.92 Å². The van der Waals surface area contributed by atoms with Crippen LogP contribution in [0.5, 0.6) is 0 Å². The zero-order chi connectivity index (χ0) is 19.1. The fourth-order valence-corrected chi connectivity index (χ4v) is 3.97. The van der Waals surface area contributed by atoms with Gasteiger partial charge in [-0.15, -0.1) is 0 Å². The quantitative estimate of drug-likeness (QED) is 0.593. The third-order valence-electron chi connectivity index (χ3n) is 5.44. The lowest BCUT2D eigenvalue weighted by atomic mass is 9.94. The van der Waals surface area contributed by atoms with Gasteiger partial charge in [0.25, 0.3) is 5.91 Å². The van der Waals surface area contributed by atoms with E-state index in [1.165, 1.54) is 6.33 Å². The van der Waals surface area contributed by atoms with Crippen LogP contribution in [0.3, 0.4) is 0 Å². The van der Waals surface area contributed by atoms with E-state index < -0.39 is 6.10 Å². The molecule has 0 bridgehead atoms. The van der Waals surface area contributed by atoms with Crippen LogP contribution < -0.4 is 0 Å². The lowest BCUT2D eigenvalue weighted by molar-refractivity contribution is 0.0764. The number of rotatable bonds is 3. The summed E-state index contributed by atoms with van der Waals surface area (Å²) in [6.07, 6.45) is 5.14. The molecule has 1 amide bonds. The number of para-hydroxylation sites is 1. The molecule has 3 aromatic heterocycles. The van der Waals surface area contributed by atoms with Crippen molar-refractivity contribution in [2.45, 2.75) is 12.5 Å². The van der Waals surface area contributed by atoms with Crippen molar-refractivity contribution in [1.82, 2.24) is 24.5 Å². The fourth-order valence-electron chi connectivity index (χ4n) is 3.97. The topological polar surface area (TPSA) is 83.6 Å². The number of fused-ring (bicyclic) bond motifs is 2. The van der Waals surface area contributed by atoms with Gasteiger partial charge in [-0.2, -0.15) is 5.10 Å². The molecule has 0 aliphatic carbocycles. The predicted octanol–water partition coefficient (Wildman–Crippen LogP) is 1.95. The Bertz CT molecular complexity index is 1170. The molecule has 5 rings (SSSR count). The predicted molar refractivity (Wildman–Crippen MR) is 104 cm³/mol. The monoisotopic (exact) mass is 373 g/mol. The molecule has 1 aromatic carbocycles. The Morgan fingerprint density at radius 3 is 2.96 bits per heavy atom. The molecule has 0 saturated carbocycles. The smallest absolute Gasteiger partial charge is 0.254 e. The Morgan fingerprint density at radius 1 is 1.14 bits per heavy atom. The summed E-state index contributed by atoms with van der Waals surface area (Å²) >= 11 is 0. The lowest BCUT2D eigenvalue weighted by Crippen LogP contribution is -2.29. The normalized spacial score (nSPS) is 19.5. The van der Waals surface area contributed by atoms with E-state index in [1.807, 2.05) is 24.3 Å². The van der Waals surface area contributed by atoms with Crippen molar-refractivity contribution >= 4 is 22.5 Å². The van der Waals surface area contributed by atoms with Gasteiger partial charge in [0, 0.05) is 42.4 Å². The minimum atomic E-state index is -0.548. The standard InChI is InChI=1S/C21H19N5O2/c27-19-12-25(21(28)15-6-8-26-20(10-15)23-13-24-26)11-16(19)9-14-5-7-22-18-4-2-1-3-17(14)18/h1-8,10,13,16,19,27H,9,11-12H2/t16-,19-/m1/s1. The number of carbonyl (C=O) groups excluding carboxylic acids is 1. The summed E-state index contributed by atoms with van der Waals surface area (Å²) in [6.45, 7) is 0.860. The highest BCUT2D eigenvalue weighted by Crippen LogP contribution is 2.26. The van der Waals surface area contributed by atoms with E-state index in [0.29, 0.717) is 30.7 Å². The van der Waals surface area contributed by atoms with Gasteiger partial charge >= 0.3 is 0 Å². The Kier molecular flexibility index (Phi) is 4.02. The first-order valence-corrected chi connectivity index (χ1v) is 9.28. The number of aliphatic hydroxyl groups is 1. The minimum Gasteiger partial charge on any atom is -0.391 e. The number of aromatic nitrogens is 4. The zero-order valence-corrected chi connectivity index (χ0v) is 15.1. The Labute approximate surface area is 161 Å². The highest BCUT2D eigenvalue weighted by atomic mass is 16.3. The number of nitrogens with zero attached hydrogens (tertiary/aromatic N) is 5. The highest BCUT2D eigenvalue weighted by molar-refractivity contribution is 5.95. The average molecular weight is 373 g/mol. The molecule has 0 spiro atoms. The van der Waals surface area contributed by atoms with Crippen molar-refractivity contribution in [2.75, 3.05) is 13.1 Å². The molecule has 1 saturated heterocycles. The summed E-state index contributed by atoms with van der Waals surface area (Å²) in [5.74, 6) is -0.0989. The summed E-state index contributed by atoms with van der Waals surface area (Å²) in [7, 11) is 0. The van der Waals surface area contributed by atoms with E-state index in [0.717, 1.165) is 16.5 Å². The van der Waals surface area contributed by atoms with Gasteiger partial charge in [-0.1, -0.05) is 18.2 Å². The molecular formula is C21H19N5O2. The maximum atomic E-state index is 12.9. The van der Waals surface area contributed by atoms with Crippen LogP contribution in [0.25, 0.3) is 16.6 Å². The van der Waals surface area contributed by atoms with E-state index in [-0.39, 0.29) is 11.8 Å². The first-order chi connectivity index (χ1) is 13.7. The first kappa shape index (κ1) is 16.8. The Morgan fingerprint density at radius 2 is 2.04 bits per heavy atom. The molecule has 2 atom stereocenters. The Hall–Kier alpha value is -3.32. The number of likely N-dealkylation sites (tertiary alicyclic amines) is 1. The number of pyridine rings is 2. The van der Waals surface area contributed by atoms with Crippen LogP contribution in [0.4, 0.5) is 0 Å². The van der Waals surface area contributed by atoms with Crippen LogP contribution in [-0.4, -0.2) is 54.7 Å². The van der Waals surface area contributed by atoms with E-state index >= 15 is 0 Å².